The zero-order valence-corrected chi connectivity index (χ0v) is 13.3. The highest BCUT2D eigenvalue weighted by Crippen LogP contribution is 1.89. The van der Waals surface area contributed by atoms with E-state index in [2.05, 4.69) is 19.4 Å². The van der Waals surface area contributed by atoms with E-state index >= 15 is 0 Å². The summed E-state index contributed by atoms with van der Waals surface area (Å²) in [5, 5.41) is 12.3. The predicted molar refractivity (Wildman–Crippen MR) is 76.5 cm³/mol. The van der Waals surface area contributed by atoms with Gasteiger partial charge in [-0.05, 0) is 19.3 Å². The molecule has 0 atom stereocenters. The third-order valence-electron chi connectivity index (χ3n) is 2.29. The predicted octanol–water partition coefficient (Wildman–Crippen LogP) is -0.416. The number of ether oxygens (including phenoxy) is 1. The van der Waals surface area contributed by atoms with Crippen LogP contribution in [0.15, 0.2) is 0 Å². The number of alkyl carbamates (subject to hydrolysis) is 1. The zero-order valence-electron chi connectivity index (χ0n) is 13.3. The van der Waals surface area contributed by atoms with Crippen molar-refractivity contribution in [1.29, 1.82) is 0 Å². The molecule has 0 aliphatic carbocycles. The second-order valence-corrected chi connectivity index (χ2v) is 4.85. The van der Waals surface area contributed by atoms with Crippen LogP contribution < -0.4 is 15.3 Å². The van der Waals surface area contributed by atoms with Crippen molar-refractivity contribution in [3.8, 4) is 0 Å². The van der Waals surface area contributed by atoms with Crippen molar-refractivity contribution in [2.75, 3.05) is 33.8 Å². The number of hydrogen-bond donors (Lipinski definition) is 2. The first kappa shape index (κ1) is 21.0. The first-order valence-corrected chi connectivity index (χ1v) is 7.33. The number of amides is 1. The van der Waals surface area contributed by atoms with E-state index in [1.807, 2.05) is 13.8 Å². The van der Waals surface area contributed by atoms with Crippen molar-refractivity contribution >= 4 is 12.1 Å². The highest BCUT2D eigenvalue weighted by molar-refractivity contribution is 5.66. The van der Waals surface area contributed by atoms with Crippen molar-refractivity contribution in [3.05, 3.63) is 0 Å². The Hall–Kier alpha value is -1.30. The molecule has 0 aliphatic rings. The molecule has 120 valence electrons. The second kappa shape index (κ2) is 15.8. The van der Waals surface area contributed by atoms with E-state index in [0.717, 1.165) is 32.2 Å². The maximum Gasteiger partial charge on any atom is 0.407 e. The highest BCUT2D eigenvalue weighted by Gasteiger charge is 2.00. The normalized spacial score (nSPS) is 9.65. The number of nitrogens with one attached hydrogen (secondary N) is 2. The fraction of sp³-hybridized carbons (Fsp3) is 0.857. The summed E-state index contributed by atoms with van der Waals surface area (Å²) in [7, 11) is 4.19. The van der Waals surface area contributed by atoms with Gasteiger partial charge >= 0.3 is 6.09 Å². The number of quaternary nitrogens is 1. The lowest BCUT2D eigenvalue weighted by atomic mass is 10.3. The van der Waals surface area contributed by atoms with Gasteiger partial charge in [0.25, 0.3) is 0 Å². The molecule has 2 N–H and O–H groups in total. The molecule has 0 saturated heterocycles. The van der Waals surface area contributed by atoms with Gasteiger partial charge < -0.3 is 24.9 Å². The van der Waals surface area contributed by atoms with Crippen LogP contribution in [0.1, 0.15) is 46.0 Å². The first-order valence-electron chi connectivity index (χ1n) is 7.33. The Bertz CT molecular complexity index is 245. The molecular formula is C14H30N2O4. The average molecular weight is 290 g/mol. The summed E-state index contributed by atoms with van der Waals surface area (Å²) in [6.07, 6.45) is 3.43. The molecule has 6 heteroatoms. The fourth-order valence-corrected chi connectivity index (χ4v) is 1.20. The van der Waals surface area contributed by atoms with E-state index in [0.29, 0.717) is 13.2 Å². The summed E-state index contributed by atoms with van der Waals surface area (Å²) in [6.45, 7) is 6.19. The number of aliphatic carboxylic acids is 1. The molecule has 0 aromatic heterocycles. The molecule has 0 unspecified atom stereocenters. The van der Waals surface area contributed by atoms with Crippen molar-refractivity contribution in [2.24, 2.45) is 0 Å². The quantitative estimate of drug-likeness (QED) is 0.565. The van der Waals surface area contributed by atoms with Crippen LogP contribution in [0.25, 0.3) is 0 Å². The molecule has 1 amide bonds. The number of carbonyl (C=O) groups is 2. The molecular weight excluding hydrogens is 260 g/mol. The van der Waals surface area contributed by atoms with E-state index in [1.54, 1.807) is 0 Å². The molecule has 0 spiro atoms. The Kier molecular flexibility index (Phi) is 16.5. The van der Waals surface area contributed by atoms with E-state index in [-0.39, 0.29) is 12.5 Å². The Balaban J connectivity index is 0. The van der Waals surface area contributed by atoms with Gasteiger partial charge in [0, 0.05) is 18.9 Å². The number of carboxylic acid groups (broad SMARTS) is 1. The van der Waals surface area contributed by atoms with Gasteiger partial charge in [0.05, 0.1) is 27.2 Å². The summed E-state index contributed by atoms with van der Waals surface area (Å²) < 4.78 is 4.84. The number of hydrogen-bond acceptors (Lipinski definition) is 4. The second-order valence-electron chi connectivity index (χ2n) is 4.85. The van der Waals surface area contributed by atoms with Gasteiger partial charge in [-0.2, -0.15) is 0 Å². The van der Waals surface area contributed by atoms with E-state index in [4.69, 9.17) is 4.74 Å². The van der Waals surface area contributed by atoms with Crippen LogP contribution in [-0.2, 0) is 9.53 Å². The number of carboxylic acids is 1. The van der Waals surface area contributed by atoms with Crippen molar-refractivity contribution in [3.63, 3.8) is 0 Å². The Morgan fingerprint density at radius 1 is 1.15 bits per heavy atom. The minimum Gasteiger partial charge on any atom is -0.550 e. The maximum absolute atomic E-state index is 10.9. The number of rotatable bonds is 9. The van der Waals surface area contributed by atoms with Crippen LogP contribution in [0.4, 0.5) is 4.79 Å². The topological polar surface area (TPSA) is 82.9 Å². The molecule has 0 fully saturated rings. The van der Waals surface area contributed by atoms with Crippen molar-refractivity contribution in [1.82, 2.24) is 5.32 Å². The standard InChI is InChI=1S/C9H20N2O2.C5H10O2/c1-4-8-13-9(12)10-6-5-7-11(2)3;1-2-3-4-5(6)7/h4-8H2,1-3H3,(H,10,12);2-4H2,1H3,(H,6,7). The third-order valence-corrected chi connectivity index (χ3v) is 2.29. The Morgan fingerprint density at radius 3 is 2.20 bits per heavy atom. The summed E-state index contributed by atoms with van der Waals surface area (Å²) in [6, 6.07) is 0. The maximum atomic E-state index is 10.9. The van der Waals surface area contributed by atoms with Gasteiger partial charge in [-0.1, -0.05) is 20.3 Å². The molecule has 0 radical (unpaired) electrons. The number of unbranched alkanes of at least 4 members (excludes halogenated alkanes) is 1. The zero-order chi connectivity index (χ0) is 15.8. The highest BCUT2D eigenvalue weighted by atomic mass is 16.5. The molecule has 0 aromatic carbocycles. The molecule has 0 saturated carbocycles. The minimum atomic E-state index is -0.943. The summed E-state index contributed by atoms with van der Waals surface area (Å²) >= 11 is 0. The van der Waals surface area contributed by atoms with E-state index < -0.39 is 5.97 Å². The van der Waals surface area contributed by atoms with Gasteiger partial charge in [0.2, 0.25) is 0 Å². The lowest BCUT2D eigenvalue weighted by Crippen LogP contribution is -3.05. The smallest absolute Gasteiger partial charge is 0.407 e. The SMILES string of the molecule is CCCCC(=O)[O-].CCCOC(=O)NCCC[NH+](C)C. The van der Waals surface area contributed by atoms with Crippen molar-refractivity contribution < 1.29 is 24.3 Å². The van der Waals surface area contributed by atoms with Crippen LogP contribution in [-0.4, -0.2) is 45.9 Å². The third kappa shape index (κ3) is 21.9. The first-order chi connectivity index (χ1) is 9.43. The van der Waals surface area contributed by atoms with E-state index in [9.17, 15) is 14.7 Å². The largest absolute Gasteiger partial charge is 0.550 e. The van der Waals surface area contributed by atoms with E-state index in [1.165, 1.54) is 4.90 Å². The van der Waals surface area contributed by atoms with Crippen LogP contribution >= 0.6 is 0 Å². The van der Waals surface area contributed by atoms with Crippen LogP contribution in [0.2, 0.25) is 0 Å². The number of carbonyl (C=O) groups excluding carboxylic acids is 2. The Morgan fingerprint density at radius 2 is 1.80 bits per heavy atom. The van der Waals surface area contributed by atoms with Gasteiger partial charge in [-0.15, -0.1) is 0 Å². The molecule has 0 aromatic rings. The van der Waals surface area contributed by atoms with Crippen LogP contribution in [0.5, 0.6) is 0 Å². The van der Waals surface area contributed by atoms with Gasteiger partial charge in [-0.25, -0.2) is 4.79 Å². The van der Waals surface area contributed by atoms with Gasteiger partial charge in [0.15, 0.2) is 0 Å². The van der Waals surface area contributed by atoms with Gasteiger partial charge in [0.1, 0.15) is 0 Å². The molecule has 0 aliphatic heterocycles. The molecule has 0 rings (SSSR count). The van der Waals surface area contributed by atoms with Crippen molar-refractivity contribution in [2.45, 2.75) is 46.0 Å². The summed E-state index contributed by atoms with van der Waals surface area (Å²) in [5.41, 5.74) is 0. The summed E-state index contributed by atoms with van der Waals surface area (Å²) in [4.78, 5) is 21.9. The monoisotopic (exact) mass is 290 g/mol. The Labute approximate surface area is 122 Å². The average Bonchev–Trinajstić information content (AvgIpc) is 2.39. The molecule has 20 heavy (non-hydrogen) atoms. The van der Waals surface area contributed by atoms with Crippen LogP contribution in [0.3, 0.4) is 0 Å². The van der Waals surface area contributed by atoms with Gasteiger partial charge in [-0.3, -0.25) is 0 Å². The van der Waals surface area contributed by atoms with Crippen LogP contribution in [0, 0.1) is 0 Å². The summed E-state index contributed by atoms with van der Waals surface area (Å²) in [5.74, 6) is -0.943. The lowest BCUT2D eigenvalue weighted by Gasteiger charge is -2.08. The lowest BCUT2D eigenvalue weighted by molar-refractivity contribution is -0.858. The molecule has 6 nitrogen and oxygen atoms in total. The molecule has 0 heterocycles. The molecule has 0 bridgehead atoms. The minimum absolute atomic E-state index is 0.205. The fourth-order valence-electron chi connectivity index (χ4n) is 1.20.